The number of hydrogen-bond acceptors (Lipinski definition) is 2. The summed E-state index contributed by atoms with van der Waals surface area (Å²) in [6.07, 6.45) is 20.6. The topological polar surface area (TPSA) is 38.3 Å². The maximum absolute atomic E-state index is 11.9. The van der Waals surface area contributed by atoms with E-state index in [2.05, 4.69) is 11.7 Å². The van der Waals surface area contributed by atoms with Gasteiger partial charge in [-0.05, 0) is 12.1 Å². The molecule has 1 fully saturated rings. The van der Waals surface area contributed by atoms with Crippen molar-refractivity contribution in [2.24, 2.45) is 0 Å². The fourth-order valence-corrected chi connectivity index (χ4v) is 2.81. The monoisotopic (exact) mass is 387 g/mol. The summed E-state index contributed by atoms with van der Waals surface area (Å²) >= 11 is 0. The normalized spacial score (nSPS) is 19.7. The molecule has 1 aromatic carbocycles. The number of allylic oxidation sites excluding steroid dienone is 8. The molecular weight excluding hydrogens is 366 g/mol. The molecule has 1 N–H and O–H groups in total. The number of ether oxygens (including phenoxy) is 1. The van der Waals surface area contributed by atoms with Gasteiger partial charge in [0.05, 0.1) is 7.11 Å². The zero-order chi connectivity index (χ0) is 17.5. The van der Waals surface area contributed by atoms with Gasteiger partial charge < -0.3 is 10.1 Å². The average molecular weight is 387 g/mol. The van der Waals surface area contributed by atoms with Crippen molar-refractivity contribution < 1.29 is 26.6 Å². The minimum atomic E-state index is 0. The smallest absolute Gasteiger partial charge is 0.497 e. The van der Waals surface area contributed by atoms with Crippen LogP contribution in [0.4, 0.5) is 0 Å². The van der Waals surface area contributed by atoms with Gasteiger partial charge in [-0.2, -0.15) is 12.0 Å². The molecule has 0 saturated carbocycles. The molecule has 1 atom stereocenters. The standard InChI is InChI=1S/C17H16NO2.C5H5.Fe/c1-20-15-8-6-12(7-9-15)14-10-16(18-17(19)11-14)13-4-2-3-5-13;1-2-4-5-3-1;/h2-10,14H,11H2,1H3,(H,18,19);1-5H;/q2*-1;+2. The van der Waals surface area contributed by atoms with Gasteiger partial charge in [0.2, 0.25) is 5.91 Å². The van der Waals surface area contributed by atoms with Crippen molar-refractivity contribution in [3.05, 3.63) is 103 Å². The van der Waals surface area contributed by atoms with Crippen molar-refractivity contribution >= 4 is 5.91 Å². The van der Waals surface area contributed by atoms with Gasteiger partial charge in [-0.15, -0.1) is 30.7 Å². The van der Waals surface area contributed by atoms with E-state index in [9.17, 15) is 4.79 Å². The first-order valence-electron chi connectivity index (χ1n) is 8.30. The Labute approximate surface area is 166 Å². The summed E-state index contributed by atoms with van der Waals surface area (Å²) in [6, 6.07) is 7.89. The Morgan fingerprint density at radius 1 is 1.12 bits per heavy atom. The van der Waals surface area contributed by atoms with Gasteiger partial charge in [0.1, 0.15) is 5.75 Å². The number of methoxy groups -OCH3 is 1. The molecule has 1 heterocycles. The molecule has 0 aromatic heterocycles. The molecule has 26 heavy (non-hydrogen) atoms. The van der Waals surface area contributed by atoms with E-state index >= 15 is 0 Å². The first-order valence-corrected chi connectivity index (χ1v) is 8.30. The Kier molecular flexibility index (Phi) is 7.71. The summed E-state index contributed by atoms with van der Waals surface area (Å²) in [4.78, 5) is 11.9. The average Bonchev–Trinajstić information content (AvgIpc) is 3.37. The van der Waals surface area contributed by atoms with E-state index in [1.165, 1.54) is 0 Å². The number of benzene rings is 1. The van der Waals surface area contributed by atoms with E-state index in [1.807, 2.05) is 80.0 Å². The predicted octanol–water partition coefficient (Wildman–Crippen LogP) is 4.05. The van der Waals surface area contributed by atoms with Crippen LogP contribution in [0.15, 0.2) is 72.0 Å². The van der Waals surface area contributed by atoms with E-state index in [0.717, 1.165) is 22.6 Å². The van der Waals surface area contributed by atoms with Crippen LogP contribution in [0.1, 0.15) is 17.9 Å². The van der Waals surface area contributed by atoms with E-state index in [1.54, 1.807) is 7.11 Å². The summed E-state index contributed by atoms with van der Waals surface area (Å²) in [7, 11) is 1.65. The van der Waals surface area contributed by atoms with Crippen LogP contribution in [0.3, 0.4) is 0 Å². The van der Waals surface area contributed by atoms with Gasteiger partial charge in [0.25, 0.3) is 0 Å². The van der Waals surface area contributed by atoms with Crippen molar-refractivity contribution in [3.63, 3.8) is 0 Å². The van der Waals surface area contributed by atoms with Gasteiger partial charge in [-0.25, -0.2) is 18.6 Å². The molecule has 134 valence electrons. The molecule has 1 aromatic rings. The second-order valence-electron chi connectivity index (χ2n) is 5.85. The first-order chi connectivity index (χ1) is 12.3. The van der Waals surface area contributed by atoms with Crippen LogP contribution in [0, 0.1) is 25.7 Å². The largest absolute Gasteiger partial charge is 2.00 e. The maximum atomic E-state index is 11.9. The third kappa shape index (κ3) is 5.35. The summed E-state index contributed by atoms with van der Waals surface area (Å²) < 4.78 is 5.16. The second-order valence-corrected chi connectivity index (χ2v) is 5.85. The minimum Gasteiger partial charge on any atom is -0.497 e. The molecule has 1 unspecified atom stereocenters. The van der Waals surface area contributed by atoms with Gasteiger partial charge in [0.15, 0.2) is 0 Å². The number of hydrogen-bond donors (Lipinski definition) is 1. The maximum Gasteiger partial charge on any atom is 2.00 e. The van der Waals surface area contributed by atoms with Crippen LogP contribution < -0.4 is 10.1 Å². The van der Waals surface area contributed by atoms with Gasteiger partial charge in [0, 0.05) is 6.42 Å². The van der Waals surface area contributed by atoms with Crippen LogP contribution >= 0.6 is 0 Å². The van der Waals surface area contributed by atoms with Crippen molar-refractivity contribution in [2.75, 3.05) is 7.11 Å². The summed E-state index contributed by atoms with van der Waals surface area (Å²) in [5.74, 6) is 0.998. The molecule has 4 rings (SSSR count). The number of rotatable bonds is 2. The number of carbonyl (C=O) groups excluding carboxylic acids is 1. The van der Waals surface area contributed by atoms with Crippen LogP contribution in [-0.2, 0) is 21.9 Å². The van der Waals surface area contributed by atoms with E-state index in [-0.39, 0.29) is 28.9 Å². The molecule has 2 radical (unpaired) electrons. The number of amides is 1. The van der Waals surface area contributed by atoms with Crippen molar-refractivity contribution in [1.82, 2.24) is 5.32 Å². The van der Waals surface area contributed by atoms with Crippen molar-refractivity contribution in [1.29, 1.82) is 0 Å². The molecule has 1 saturated heterocycles. The third-order valence-electron chi connectivity index (χ3n) is 4.12. The summed E-state index contributed by atoms with van der Waals surface area (Å²) in [6.45, 7) is 0. The van der Waals surface area contributed by atoms with Crippen LogP contribution in [0.5, 0.6) is 5.75 Å². The van der Waals surface area contributed by atoms with Crippen LogP contribution in [0.2, 0.25) is 0 Å². The Balaban J connectivity index is 0.000000351. The van der Waals surface area contributed by atoms with Crippen LogP contribution in [-0.4, -0.2) is 13.0 Å². The zero-order valence-corrected chi connectivity index (χ0v) is 15.6. The number of piperidine rings is 1. The Hall–Kier alpha value is -2.29. The molecule has 3 nitrogen and oxygen atoms in total. The molecule has 1 aliphatic heterocycles. The molecule has 0 spiro atoms. The molecule has 3 aliphatic rings. The fraction of sp³-hybridized carbons (Fsp3) is 0.136. The van der Waals surface area contributed by atoms with Crippen molar-refractivity contribution in [3.8, 4) is 5.75 Å². The zero-order valence-electron chi connectivity index (χ0n) is 14.5. The van der Waals surface area contributed by atoms with Crippen LogP contribution in [0.25, 0.3) is 0 Å². The molecule has 4 heteroatoms. The molecule has 2 aliphatic carbocycles. The SMILES string of the molecule is COc1ccc(C2[CH-]C(=C3C=CC=C3)NC(=O)C2)cc1.[CH]1[CH][CH-]C=C1.[Fe+2]. The van der Waals surface area contributed by atoms with Crippen molar-refractivity contribution in [2.45, 2.75) is 12.3 Å². The Morgan fingerprint density at radius 3 is 2.38 bits per heavy atom. The summed E-state index contributed by atoms with van der Waals surface area (Å²) in [5, 5.41) is 2.94. The predicted molar refractivity (Wildman–Crippen MR) is 100 cm³/mol. The quantitative estimate of drug-likeness (QED) is 0.614. The fourth-order valence-electron chi connectivity index (χ4n) is 2.81. The second kappa shape index (κ2) is 10.0. The Morgan fingerprint density at radius 2 is 1.85 bits per heavy atom. The van der Waals surface area contributed by atoms with E-state index < -0.39 is 0 Å². The molecular formula is C22H21FeNO2. The number of carbonyl (C=O) groups is 1. The molecule has 0 bridgehead atoms. The summed E-state index contributed by atoms with van der Waals surface area (Å²) in [5.41, 5.74) is 3.08. The number of nitrogens with one attached hydrogen (secondary N) is 1. The third-order valence-corrected chi connectivity index (χ3v) is 4.12. The van der Waals surface area contributed by atoms with E-state index in [4.69, 9.17) is 4.74 Å². The van der Waals surface area contributed by atoms with Gasteiger partial charge >= 0.3 is 17.1 Å². The van der Waals surface area contributed by atoms with Gasteiger partial charge in [-0.1, -0.05) is 35.8 Å². The minimum absolute atomic E-state index is 0. The first kappa shape index (κ1) is 20.0. The Bertz CT molecular complexity index is 709. The van der Waals surface area contributed by atoms with Gasteiger partial charge in [-0.3, -0.25) is 4.79 Å². The molecule has 1 amide bonds. The van der Waals surface area contributed by atoms with E-state index in [0.29, 0.717) is 6.42 Å².